The minimum absolute atomic E-state index is 0.0405. The van der Waals surface area contributed by atoms with E-state index < -0.39 is 16.0 Å². The first-order chi connectivity index (χ1) is 8.49. The average Bonchev–Trinajstić information content (AvgIpc) is 2.98. The van der Waals surface area contributed by atoms with Gasteiger partial charge >= 0.3 is 5.97 Å². The summed E-state index contributed by atoms with van der Waals surface area (Å²) in [6.07, 6.45) is 3.67. The number of hydrogen-bond donors (Lipinski definition) is 2. The summed E-state index contributed by atoms with van der Waals surface area (Å²) in [5.41, 5.74) is -0.0405. The first-order valence-corrected chi connectivity index (χ1v) is 7.84. The molecule has 1 heterocycles. The third-order valence-corrected chi connectivity index (χ3v) is 5.35. The van der Waals surface area contributed by atoms with E-state index in [9.17, 15) is 13.2 Å². The van der Waals surface area contributed by atoms with Gasteiger partial charge in [-0.3, -0.25) is 4.84 Å². The first kappa shape index (κ1) is 13.5. The third-order valence-electron chi connectivity index (χ3n) is 2.71. The van der Waals surface area contributed by atoms with Crippen molar-refractivity contribution in [3.05, 3.63) is 17.0 Å². The van der Waals surface area contributed by atoms with Crippen LogP contribution >= 0.6 is 11.3 Å². The molecule has 1 saturated carbocycles. The van der Waals surface area contributed by atoms with Gasteiger partial charge < -0.3 is 5.11 Å². The Morgan fingerprint density at radius 3 is 2.67 bits per heavy atom. The number of carboxylic acids is 1. The first-order valence-electron chi connectivity index (χ1n) is 5.48. The monoisotopic (exact) mass is 291 g/mol. The fourth-order valence-corrected chi connectivity index (χ4v) is 3.74. The maximum absolute atomic E-state index is 11.8. The Morgan fingerprint density at radius 1 is 1.44 bits per heavy atom. The van der Waals surface area contributed by atoms with Crippen LogP contribution in [0.4, 0.5) is 0 Å². The van der Waals surface area contributed by atoms with E-state index >= 15 is 0 Å². The smallest absolute Gasteiger partial charge is 0.336 e. The van der Waals surface area contributed by atoms with Gasteiger partial charge in [0.1, 0.15) is 4.21 Å². The predicted molar refractivity (Wildman–Crippen MR) is 64.9 cm³/mol. The SMILES string of the molecule is O=C(O)c1csc(S(=O)(=O)NOC2CCCC2)c1. The number of carbonyl (C=O) groups is 1. The number of thiophene rings is 1. The molecule has 0 aromatic carbocycles. The van der Waals surface area contributed by atoms with E-state index in [0.29, 0.717) is 0 Å². The molecule has 1 aromatic rings. The van der Waals surface area contributed by atoms with Gasteiger partial charge in [0.25, 0.3) is 10.0 Å². The van der Waals surface area contributed by atoms with E-state index in [-0.39, 0.29) is 15.9 Å². The van der Waals surface area contributed by atoms with Crippen molar-refractivity contribution in [1.29, 1.82) is 0 Å². The Balaban J connectivity index is 2.02. The third kappa shape index (κ3) is 3.08. The molecule has 0 bridgehead atoms. The fourth-order valence-electron chi connectivity index (χ4n) is 1.75. The molecular formula is C10H13NO5S2. The van der Waals surface area contributed by atoms with Gasteiger partial charge in [-0.1, -0.05) is 17.7 Å². The summed E-state index contributed by atoms with van der Waals surface area (Å²) in [5, 5.41) is 10.0. The number of aromatic carboxylic acids is 1. The summed E-state index contributed by atoms with van der Waals surface area (Å²) in [4.78, 5) is 17.8. The zero-order valence-electron chi connectivity index (χ0n) is 9.46. The Morgan fingerprint density at radius 2 is 2.11 bits per heavy atom. The van der Waals surface area contributed by atoms with Crippen molar-refractivity contribution < 1.29 is 23.2 Å². The van der Waals surface area contributed by atoms with Gasteiger partial charge in [-0.25, -0.2) is 13.2 Å². The fraction of sp³-hybridized carbons (Fsp3) is 0.500. The highest BCUT2D eigenvalue weighted by Crippen LogP contribution is 2.23. The molecule has 1 aliphatic carbocycles. The van der Waals surface area contributed by atoms with Crippen LogP contribution in [0.1, 0.15) is 36.0 Å². The van der Waals surface area contributed by atoms with Gasteiger partial charge in [-0.15, -0.1) is 11.3 Å². The molecule has 2 N–H and O–H groups in total. The summed E-state index contributed by atoms with van der Waals surface area (Å²) in [6, 6.07) is 1.12. The van der Waals surface area contributed by atoms with Crippen LogP contribution < -0.4 is 4.89 Å². The van der Waals surface area contributed by atoms with Gasteiger partial charge in [-0.2, -0.15) is 0 Å². The van der Waals surface area contributed by atoms with Crippen molar-refractivity contribution in [1.82, 2.24) is 4.89 Å². The average molecular weight is 291 g/mol. The Kier molecular flexibility index (Phi) is 4.00. The van der Waals surface area contributed by atoms with Crippen molar-refractivity contribution in [3.63, 3.8) is 0 Å². The molecule has 0 aliphatic heterocycles. The molecule has 0 atom stereocenters. The number of sulfonamides is 1. The van der Waals surface area contributed by atoms with Crippen molar-refractivity contribution >= 4 is 27.3 Å². The number of rotatable bonds is 5. The van der Waals surface area contributed by atoms with E-state index in [1.165, 1.54) is 5.38 Å². The minimum atomic E-state index is -3.78. The van der Waals surface area contributed by atoms with Crippen LogP contribution in [-0.4, -0.2) is 25.6 Å². The quantitative estimate of drug-likeness (QED) is 0.804. The van der Waals surface area contributed by atoms with Gasteiger partial charge in [0.15, 0.2) is 0 Å². The van der Waals surface area contributed by atoms with Crippen LogP contribution in [0.25, 0.3) is 0 Å². The Hall–Kier alpha value is -0.960. The molecule has 1 fully saturated rings. The Labute approximate surface area is 109 Å². The molecule has 0 amide bonds. The second kappa shape index (κ2) is 5.35. The largest absolute Gasteiger partial charge is 0.478 e. The maximum atomic E-state index is 11.8. The van der Waals surface area contributed by atoms with Gasteiger partial charge in [0.2, 0.25) is 0 Å². The summed E-state index contributed by atoms with van der Waals surface area (Å²) < 4.78 is 23.6. The molecule has 1 aromatic heterocycles. The lowest BCUT2D eigenvalue weighted by Crippen LogP contribution is -2.27. The molecular weight excluding hydrogens is 278 g/mol. The second-order valence-corrected chi connectivity index (χ2v) is 6.85. The molecule has 0 saturated heterocycles. The molecule has 100 valence electrons. The van der Waals surface area contributed by atoms with Crippen LogP contribution in [0.5, 0.6) is 0 Å². The summed E-state index contributed by atoms with van der Waals surface area (Å²) >= 11 is 0.856. The lowest BCUT2D eigenvalue weighted by atomic mass is 10.3. The minimum Gasteiger partial charge on any atom is -0.478 e. The highest BCUT2D eigenvalue weighted by atomic mass is 32.2. The standard InChI is InChI=1S/C10H13NO5S2/c12-10(13)7-5-9(17-6-7)18(14,15)11-16-8-3-1-2-4-8/h5-6,8,11H,1-4H2,(H,12,13). The zero-order valence-corrected chi connectivity index (χ0v) is 11.1. The highest BCUT2D eigenvalue weighted by Gasteiger charge is 2.22. The van der Waals surface area contributed by atoms with Crippen molar-refractivity contribution in [2.75, 3.05) is 0 Å². The van der Waals surface area contributed by atoms with Crippen LogP contribution in [0.2, 0.25) is 0 Å². The van der Waals surface area contributed by atoms with Crippen molar-refractivity contribution in [2.45, 2.75) is 36.0 Å². The molecule has 2 rings (SSSR count). The Bertz CT molecular complexity index is 530. The molecule has 1 aliphatic rings. The molecule has 0 spiro atoms. The van der Waals surface area contributed by atoms with Crippen LogP contribution in [-0.2, 0) is 14.9 Å². The zero-order chi connectivity index (χ0) is 13.2. The van der Waals surface area contributed by atoms with E-state index in [1.807, 2.05) is 0 Å². The molecule has 0 unspecified atom stereocenters. The predicted octanol–water partition coefficient (Wildman–Crippen LogP) is 1.60. The molecule has 6 nitrogen and oxygen atoms in total. The van der Waals surface area contributed by atoms with Crippen LogP contribution in [0.3, 0.4) is 0 Å². The second-order valence-electron chi connectivity index (χ2n) is 4.07. The molecule has 8 heteroatoms. The van der Waals surface area contributed by atoms with E-state index in [4.69, 9.17) is 9.94 Å². The van der Waals surface area contributed by atoms with E-state index in [1.54, 1.807) is 0 Å². The molecule has 0 radical (unpaired) electrons. The van der Waals surface area contributed by atoms with Gasteiger partial charge in [-0.05, 0) is 18.9 Å². The van der Waals surface area contributed by atoms with Crippen molar-refractivity contribution in [2.24, 2.45) is 0 Å². The highest BCUT2D eigenvalue weighted by molar-refractivity contribution is 7.91. The van der Waals surface area contributed by atoms with Gasteiger partial charge in [0, 0.05) is 5.38 Å². The normalized spacial score (nSPS) is 17.1. The van der Waals surface area contributed by atoms with Crippen LogP contribution in [0, 0.1) is 0 Å². The van der Waals surface area contributed by atoms with Gasteiger partial charge in [0.05, 0.1) is 11.7 Å². The number of carboxylic acid groups (broad SMARTS) is 1. The van der Waals surface area contributed by atoms with E-state index in [2.05, 4.69) is 4.89 Å². The van der Waals surface area contributed by atoms with Crippen molar-refractivity contribution in [3.8, 4) is 0 Å². The summed E-state index contributed by atoms with van der Waals surface area (Å²) in [5.74, 6) is -1.15. The maximum Gasteiger partial charge on any atom is 0.336 e. The lowest BCUT2D eigenvalue weighted by Gasteiger charge is -2.10. The summed E-state index contributed by atoms with van der Waals surface area (Å²) in [6.45, 7) is 0. The lowest BCUT2D eigenvalue weighted by molar-refractivity contribution is 0.0224. The topological polar surface area (TPSA) is 92.7 Å². The van der Waals surface area contributed by atoms with E-state index in [0.717, 1.165) is 43.1 Å². The van der Waals surface area contributed by atoms with Crippen LogP contribution in [0.15, 0.2) is 15.7 Å². The number of hydrogen-bond acceptors (Lipinski definition) is 5. The summed E-state index contributed by atoms with van der Waals surface area (Å²) in [7, 11) is -3.78. The molecule has 18 heavy (non-hydrogen) atoms. The number of nitrogens with one attached hydrogen (secondary N) is 1.